The summed E-state index contributed by atoms with van der Waals surface area (Å²) in [6.45, 7) is 0.577. The fraction of sp³-hybridized carbons (Fsp3) is 0.250. The Bertz CT molecular complexity index is 574. The molecule has 0 aliphatic heterocycles. The molecule has 0 unspecified atom stereocenters. The van der Waals surface area contributed by atoms with E-state index in [1.54, 1.807) is 25.3 Å². The summed E-state index contributed by atoms with van der Waals surface area (Å²) in [5, 5.41) is 0.464. The average molecular weight is 343 g/mol. The van der Waals surface area contributed by atoms with Crippen LogP contribution in [0.25, 0.3) is 0 Å². The van der Waals surface area contributed by atoms with E-state index in [4.69, 9.17) is 9.47 Å². The van der Waals surface area contributed by atoms with Crippen molar-refractivity contribution in [1.82, 2.24) is 9.36 Å². The Morgan fingerprint density at radius 2 is 2.32 bits per heavy atom. The Morgan fingerprint density at radius 1 is 1.47 bits per heavy atom. The van der Waals surface area contributed by atoms with E-state index in [9.17, 15) is 4.79 Å². The fourth-order valence-corrected chi connectivity index (χ4v) is 2.41. The standard InChI is InChI=1S/C12H11BrN2O3S/c1-17-5-4-11-14-12(19-15-11)18-10-3-2-8(7-16)6-9(10)13/h2-3,6-7H,4-5H2,1H3. The Balaban J connectivity index is 2.08. The van der Waals surface area contributed by atoms with Gasteiger partial charge in [-0.15, -0.1) is 0 Å². The molecule has 5 nitrogen and oxygen atoms in total. The zero-order valence-electron chi connectivity index (χ0n) is 10.1. The maximum absolute atomic E-state index is 10.6. The van der Waals surface area contributed by atoms with Crippen LogP contribution in [0.5, 0.6) is 10.9 Å². The number of methoxy groups -OCH3 is 1. The third-order valence-corrected chi connectivity index (χ3v) is 3.52. The van der Waals surface area contributed by atoms with Gasteiger partial charge in [0.1, 0.15) is 17.9 Å². The smallest absolute Gasteiger partial charge is 0.298 e. The van der Waals surface area contributed by atoms with Gasteiger partial charge in [-0.25, -0.2) is 0 Å². The summed E-state index contributed by atoms with van der Waals surface area (Å²) in [5.74, 6) is 1.29. The van der Waals surface area contributed by atoms with Crippen LogP contribution in [0.4, 0.5) is 0 Å². The second-order valence-electron chi connectivity index (χ2n) is 3.63. The summed E-state index contributed by atoms with van der Waals surface area (Å²) < 4.78 is 15.4. The molecule has 0 spiro atoms. The van der Waals surface area contributed by atoms with Crippen LogP contribution in [0.3, 0.4) is 0 Å². The lowest BCUT2D eigenvalue weighted by Gasteiger charge is -2.03. The number of ether oxygens (including phenoxy) is 2. The zero-order chi connectivity index (χ0) is 13.7. The van der Waals surface area contributed by atoms with Crippen molar-refractivity contribution in [3.8, 4) is 10.9 Å². The summed E-state index contributed by atoms with van der Waals surface area (Å²) in [6.07, 6.45) is 1.43. The number of carbonyl (C=O) groups is 1. The van der Waals surface area contributed by atoms with Gasteiger partial charge in [0, 0.05) is 30.6 Å². The second-order valence-corrected chi connectivity index (χ2v) is 5.20. The number of aromatic nitrogens is 2. The number of halogens is 1. The number of rotatable bonds is 6. The number of aldehydes is 1. The maximum Gasteiger partial charge on any atom is 0.298 e. The van der Waals surface area contributed by atoms with Crippen LogP contribution in [0.1, 0.15) is 16.2 Å². The van der Waals surface area contributed by atoms with E-state index in [0.29, 0.717) is 39.8 Å². The Labute approximate surface area is 122 Å². The van der Waals surface area contributed by atoms with Gasteiger partial charge in [0.05, 0.1) is 11.1 Å². The Hall–Kier alpha value is -1.31. The number of carbonyl (C=O) groups excluding carboxylic acids is 1. The van der Waals surface area contributed by atoms with Gasteiger partial charge in [0.2, 0.25) is 0 Å². The number of hydrogen-bond donors (Lipinski definition) is 0. The first kappa shape index (κ1) is 14.1. The third-order valence-electron chi connectivity index (χ3n) is 2.27. The van der Waals surface area contributed by atoms with E-state index in [1.165, 1.54) is 11.5 Å². The first-order valence-corrected chi connectivity index (χ1v) is 7.03. The van der Waals surface area contributed by atoms with E-state index < -0.39 is 0 Å². The molecule has 0 saturated heterocycles. The quantitative estimate of drug-likeness (QED) is 0.755. The minimum atomic E-state index is 0.464. The van der Waals surface area contributed by atoms with Crippen molar-refractivity contribution in [2.45, 2.75) is 6.42 Å². The highest BCUT2D eigenvalue weighted by atomic mass is 79.9. The highest BCUT2D eigenvalue weighted by molar-refractivity contribution is 9.10. The number of nitrogens with zero attached hydrogens (tertiary/aromatic N) is 2. The Morgan fingerprint density at radius 3 is 3.00 bits per heavy atom. The van der Waals surface area contributed by atoms with Crippen molar-refractivity contribution >= 4 is 33.7 Å². The molecule has 2 rings (SSSR count). The van der Waals surface area contributed by atoms with Crippen molar-refractivity contribution < 1.29 is 14.3 Å². The van der Waals surface area contributed by atoms with Gasteiger partial charge in [-0.05, 0) is 34.1 Å². The van der Waals surface area contributed by atoms with Crippen LogP contribution < -0.4 is 4.74 Å². The number of hydrogen-bond acceptors (Lipinski definition) is 6. The van der Waals surface area contributed by atoms with E-state index in [-0.39, 0.29) is 0 Å². The van der Waals surface area contributed by atoms with Crippen molar-refractivity contribution in [1.29, 1.82) is 0 Å². The molecule has 0 atom stereocenters. The first-order chi connectivity index (χ1) is 9.22. The van der Waals surface area contributed by atoms with Gasteiger partial charge in [0.25, 0.3) is 5.19 Å². The number of benzene rings is 1. The lowest BCUT2D eigenvalue weighted by Crippen LogP contribution is -1.96. The van der Waals surface area contributed by atoms with Gasteiger partial charge in [-0.1, -0.05) is 0 Å². The van der Waals surface area contributed by atoms with E-state index in [2.05, 4.69) is 25.3 Å². The molecule has 0 radical (unpaired) electrons. The molecule has 1 aromatic carbocycles. The summed E-state index contributed by atoms with van der Waals surface area (Å²) >= 11 is 4.53. The molecule has 0 aliphatic carbocycles. The van der Waals surface area contributed by atoms with Gasteiger partial charge in [-0.3, -0.25) is 4.79 Å². The van der Waals surface area contributed by atoms with E-state index in [0.717, 1.165) is 6.29 Å². The fourth-order valence-electron chi connectivity index (χ4n) is 1.34. The third kappa shape index (κ3) is 3.82. The molecule has 1 heterocycles. The van der Waals surface area contributed by atoms with Gasteiger partial charge in [0.15, 0.2) is 0 Å². The summed E-state index contributed by atoms with van der Waals surface area (Å²) in [4.78, 5) is 14.9. The molecular weight excluding hydrogens is 332 g/mol. The molecule has 0 aliphatic rings. The average Bonchev–Trinajstić information content (AvgIpc) is 2.86. The van der Waals surface area contributed by atoms with Crippen molar-refractivity contribution in [3.63, 3.8) is 0 Å². The van der Waals surface area contributed by atoms with Crippen LogP contribution >= 0.6 is 27.5 Å². The monoisotopic (exact) mass is 342 g/mol. The molecular formula is C12H11BrN2O3S. The molecule has 2 aromatic rings. The minimum Gasteiger partial charge on any atom is -0.429 e. The zero-order valence-corrected chi connectivity index (χ0v) is 12.5. The predicted molar refractivity (Wildman–Crippen MR) is 75.1 cm³/mol. The molecule has 19 heavy (non-hydrogen) atoms. The van der Waals surface area contributed by atoms with Crippen LogP contribution in [0, 0.1) is 0 Å². The van der Waals surface area contributed by atoms with E-state index >= 15 is 0 Å². The van der Waals surface area contributed by atoms with Crippen LogP contribution in [-0.4, -0.2) is 29.4 Å². The molecule has 0 fully saturated rings. The highest BCUT2D eigenvalue weighted by Crippen LogP contribution is 2.30. The highest BCUT2D eigenvalue weighted by Gasteiger charge is 2.09. The molecule has 0 amide bonds. The molecule has 100 valence electrons. The SMILES string of the molecule is COCCc1nsc(Oc2ccc(C=O)cc2Br)n1. The lowest BCUT2D eigenvalue weighted by molar-refractivity contribution is 0.112. The second kappa shape index (κ2) is 6.74. The summed E-state index contributed by atoms with van der Waals surface area (Å²) in [6, 6.07) is 5.08. The van der Waals surface area contributed by atoms with Gasteiger partial charge < -0.3 is 9.47 Å². The normalized spacial score (nSPS) is 10.4. The molecule has 1 aromatic heterocycles. The molecule has 0 saturated carbocycles. The summed E-state index contributed by atoms with van der Waals surface area (Å²) in [5.41, 5.74) is 0.581. The van der Waals surface area contributed by atoms with Crippen molar-refractivity contribution in [3.05, 3.63) is 34.1 Å². The topological polar surface area (TPSA) is 61.3 Å². The minimum absolute atomic E-state index is 0.464. The largest absolute Gasteiger partial charge is 0.429 e. The summed E-state index contributed by atoms with van der Waals surface area (Å²) in [7, 11) is 1.63. The van der Waals surface area contributed by atoms with E-state index in [1.807, 2.05) is 0 Å². The van der Waals surface area contributed by atoms with Crippen molar-refractivity contribution in [2.75, 3.05) is 13.7 Å². The molecule has 0 N–H and O–H groups in total. The Kier molecular flexibility index (Phi) is 5.00. The van der Waals surface area contributed by atoms with Crippen molar-refractivity contribution in [2.24, 2.45) is 0 Å². The molecule has 0 bridgehead atoms. The van der Waals surface area contributed by atoms with Gasteiger partial charge >= 0.3 is 0 Å². The van der Waals surface area contributed by atoms with Crippen LogP contribution in [0.15, 0.2) is 22.7 Å². The van der Waals surface area contributed by atoms with Crippen LogP contribution in [-0.2, 0) is 11.2 Å². The van der Waals surface area contributed by atoms with Crippen LogP contribution in [0.2, 0.25) is 0 Å². The predicted octanol–water partition coefficient (Wildman–Crippen LogP) is 3.09. The maximum atomic E-state index is 10.6. The van der Waals surface area contributed by atoms with Gasteiger partial charge in [-0.2, -0.15) is 9.36 Å². The molecule has 7 heteroatoms. The lowest BCUT2D eigenvalue weighted by atomic mass is 10.2. The first-order valence-electron chi connectivity index (χ1n) is 5.47.